The maximum absolute atomic E-state index is 11.7. The fourth-order valence-corrected chi connectivity index (χ4v) is 2.78. The Bertz CT molecular complexity index is 708. The maximum atomic E-state index is 11.7. The summed E-state index contributed by atoms with van der Waals surface area (Å²) in [6.07, 6.45) is 0. The molecule has 1 aromatic carbocycles. The molecule has 0 atom stereocenters. The number of hydrogen-bond donors (Lipinski definition) is 2. The molecular weight excluding hydrogens is 383 g/mol. The molecule has 23 heavy (non-hydrogen) atoms. The fourth-order valence-electron chi connectivity index (χ4n) is 1.55. The third-order valence-corrected chi connectivity index (χ3v) is 4.48. The van der Waals surface area contributed by atoms with Crippen molar-refractivity contribution in [3.8, 4) is 5.75 Å². The van der Waals surface area contributed by atoms with Crippen molar-refractivity contribution in [1.82, 2.24) is 10.6 Å². The Morgan fingerprint density at radius 1 is 1.13 bits per heavy atom. The van der Waals surface area contributed by atoms with Crippen LogP contribution in [0, 0.1) is 0 Å². The van der Waals surface area contributed by atoms with Gasteiger partial charge in [0.1, 0.15) is 5.75 Å². The average Bonchev–Trinajstić information content (AvgIpc) is 3.01. The van der Waals surface area contributed by atoms with Crippen molar-refractivity contribution in [1.29, 1.82) is 0 Å². The number of nitrogens with one attached hydrogen (secondary N) is 2. The summed E-state index contributed by atoms with van der Waals surface area (Å²) in [4.78, 5) is 24.2. The number of benzene rings is 1. The first kappa shape index (κ1) is 17.9. The molecule has 0 saturated carbocycles. The van der Waals surface area contributed by atoms with Gasteiger partial charge in [-0.1, -0.05) is 40.9 Å². The van der Waals surface area contributed by atoms with Crippen LogP contribution in [-0.2, 0) is 11.3 Å². The smallest absolute Gasteiger partial charge is 0.321 e. The van der Waals surface area contributed by atoms with E-state index in [4.69, 9.17) is 39.5 Å². The molecule has 2 N–H and O–H groups in total. The molecule has 0 aliphatic rings. The molecule has 0 bridgehead atoms. The van der Waals surface area contributed by atoms with E-state index in [9.17, 15) is 9.59 Å². The number of hydrogen-bond acceptors (Lipinski definition) is 4. The predicted molar refractivity (Wildman–Crippen MR) is 91.7 cm³/mol. The number of rotatable bonds is 5. The van der Waals surface area contributed by atoms with Gasteiger partial charge >= 0.3 is 6.03 Å². The topological polar surface area (TPSA) is 67.4 Å². The lowest BCUT2D eigenvalue weighted by Crippen LogP contribution is -2.41. The Labute approximate surface area is 151 Å². The van der Waals surface area contributed by atoms with E-state index < -0.39 is 11.9 Å². The number of ether oxygens (including phenoxy) is 1. The summed E-state index contributed by atoms with van der Waals surface area (Å²) in [7, 11) is 0. The Morgan fingerprint density at radius 2 is 1.87 bits per heavy atom. The molecular formula is C14H11Cl3N2O3S. The van der Waals surface area contributed by atoms with Crippen LogP contribution in [0.1, 0.15) is 4.88 Å². The Balaban J connectivity index is 1.78. The molecule has 0 radical (unpaired) electrons. The number of amides is 3. The third-order valence-electron chi connectivity index (χ3n) is 2.59. The average molecular weight is 394 g/mol. The van der Waals surface area contributed by atoms with E-state index in [2.05, 4.69) is 10.6 Å². The Morgan fingerprint density at radius 3 is 2.57 bits per heavy atom. The van der Waals surface area contributed by atoms with Gasteiger partial charge < -0.3 is 10.1 Å². The number of urea groups is 1. The highest BCUT2D eigenvalue weighted by Crippen LogP contribution is 2.33. The summed E-state index contributed by atoms with van der Waals surface area (Å²) in [6, 6.07) is 5.96. The van der Waals surface area contributed by atoms with Gasteiger partial charge in [-0.2, -0.15) is 0 Å². The molecule has 1 aromatic heterocycles. The number of imide groups is 1. The lowest BCUT2D eigenvalue weighted by molar-refractivity contribution is -0.122. The second-order valence-electron chi connectivity index (χ2n) is 4.30. The molecule has 122 valence electrons. The molecule has 9 heteroatoms. The largest absolute Gasteiger partial charge is 0.482 e. The first-order chi connectivity index (χ1) is 11.0. The van der Waals surface area contributed by atoms with Crippen molar-refractivity contribution < 1.29 is 14.3 Å². The van der Waals surface area contributed by atoms with Gasteiger partial charge in [0.2, 0.25) is 0 Å². The van der Waals surface area contributed by atoms with Gasteiger partial charge in [-0.05, 0) is 17.5 Å². The zero-order chi connectivity index (χ0) is 16.8. The summed E-state index contributed by atoms with van der Waals surface area (Å²) >= 11 is 19.1. The van der Waals surface area contributed by atoms with E-state index in [1.807, 2.05) is 17.5 Å². The summed E-state index contributed by atoms with van der Waals surface area (Å²) in [5.74, 6) is -0.411. The molecule has 0 aliphatic heterocycles. The van der Waals surface area contributed by atoms with Gasteiger partial charge in [0.15, 0.2) is 6.61 Å². The van der Waals surface area contributed by atoms with Crippen LogP contribution in [0.3, 0.4) is 0 Å². The normalized spacial score (nSPS) is 10.2. The lowest BCUT2D eigenvalue weighted by Gasteiger charge is -2.09. The minimum atomic E-state index is -0.615. The second-order valence-corrected chi connectivity index (χ2v) is 6.55. The second kappa shape index (κ2) is 8.40. The van der Waals surface area contributed by atoms with E-state index in [0.717, 1.165) is 4.88 Å². The minimum absolute atomic E-state index is 0.204. The highest BCUT2D eigenvalue weighted by molar-refractivity contribution is 7.09. The van der Waals surface area contributed by atoms with Crippen LogP contribution in [0.25, 0.3) is 0 Å². The number of carbonyl (C=O) groups is 2. The van der Waals surface area contributed by atoms with Gasteiger partial charge in [0.05, 0.1) is 21.6 Å². The highest BCUT2D eigenvalue weighted by Gasteiger charge is 2.11. The van der Waals surface area contributed by atoms with E-state index in [1.165, 1.54) is 23.5 Å². The monoisotopic (exact) mass is 392 g/mol. The maximum Gasteiger partial charge on any atom is 0.321 e. The number of carbonyl (C=O) groups excluding carboxylic acids is 2. The molecule has 0 spiro atoms. The van der Waals surface area contributed by atoms with Crippen LogP contribution in [0.4, 0.5) is 4.79 Å². The van der Waals surface area contributed by atoms with Gasteiger partial charge in [0.25, 0.3) is 5.91 Å². The van der Waals surface area contributed by atoms with E-state index >= 15 is 0 Å². The van der Waals surface area contributed by atoms with Crippen molar-refractivity contribution in [2.45, 2.75) is 6.54 Å². The van der Waals surface area contributed by atoms with Crippen molar-refractivity contribution in [2.75, 3.05) is 6.61 Å². The SMILES string of the molecule is O=C(COc1cc(Cl)c(Cl)cc1Cl)NC(=O)NCc1cccs1. The predicted octanol–water partition coefficient (Wildman–Crippen LogP) is 4.11. The highest BCUT2D eigenvalue weighted by atomic mass is 35.5. The molecule has 0 aliphatic carbocycles. The van der Waals surface area contributed by atoms with Crippen LogP contribution < -0.4 is 15.4 Å². The Hall–Kier alpha value is -1.47. The molecule has 2 aromatic rings. The van der Waals surface area contributed by atoms with Crippen LogP contribution in [0.15, 0.2) is 29.6 Å². The minimum Gasteiger partial charge on any atom is -0.482 e. The van der Waals surface area contributed by atoms with Crippen molar-refractivity contribution in [3.63, 3.8) is 0 Å². The van der Waals surface area contributed by atoms with Crippen molar-refractivity contribution in [2.24, 2.45) is 0 Å². The van der Waals surface area contributed by atoms with Crippen LogP contribution in [0.5, 0.6) is 5.75 Å². The van der Waals surface area contributed by atoms with Crippen LogP contribution in [-0.4, -0.2) is 18.5 Å². The van der Waals surface area contributed by atoms with Gasteiger partial charge in [-0.3, -0.25) is 10.1 Å². The summed E-state index contributed by atoms with van der Waals surface area (Å²) < 4.78 is 5.22. The summed E-state index contributed by atoms with van der Waals surface area (Å²) in [5.41, 5.74) is 0. The molecule has 2 rings (SSSR count). The molecule has 3 amide bonds. The summed E-state index contributed by atoms with van der Waals surface area (Å²) in [5, 5.41) is 7.35. The van der Waals surface area contributed by atoms with E-state index in [0.29, 0.717) is 6.54 Å². The third kappa shape index (κ3) is 5.58. The molecule has 1 heterocycles. The van der Waals surface area contributed by atoms with Crippen LogP contribution in [0.2, 0.25) is 15.1 Å². The number of halogens is 3. The first-order valence-corrected chi connectivity index (χ1v) is 8.34. The summed E-state index contributed by atoms with van der Waals surface area (Å²) in [6.45, 7) is -0.0413. The molecule has 0 unspecified atom stereocenters. The standard InChI is InChI=1S/C14H11Cl3N2O3S/c15-9-4-11(17)12(5-10(9)16)22-7-13(20)19-14(21)18-6-8-2-1-3-23-8/h1-5H,6-7H2,(H2,18,19,20,21). The van der Waals surface area contributed by atoms with Crippen molar-refractivity contribution in [3.05, 3.63) is 49.6 Å². The lowest BCUT2D eigenvalue weighted by atomic mass is 10.3. The van der Waals surface area contributed by atoms with Gasteiger partial charge in [-0.25, -0.2) is 4.79 Å². The zero-order valence-corrected chi connectivity index (χ0v) is 14.7. The molecule has 0 saturated heterocycles. The first-order valence-electron chi connectivity index (χ1n) is 6.33. The fraction of sp³-hybridized carbons (Fsp3) is 0.143. The van der Waals surface area contributed by atoms with Gasteiger partial charge in [0, 0.05) is 10.9 Å². The quantitative estimate of drug-likeness (QED) is 0.751. The van der Waals surface area contributed by atoms with Crippen LogP contribution >= 0.6 is 46.1 Å². The Kier molecular flexibility index (Phi) is 6.53. The molecule has 0 fully saturated rings. The van der Waals surface area contributed by atoms with Crippen molar-refractivity contribution >= 4 is 58.1 Å². The zero-order valence-electron chi connectivity index (χ0n) is 11.6. The number of thiophene rings is 1. The van der Waals surface area contributed by atoms with E-state index in [1.54, 1.807) is 0 Å². The van der Waals surface area contributed by atoms with E-state index in [-0.39, 0.29) is 27.4 Å². The van der Waals surface area contributed by atoms with Gasteiger partial charge in [-0.15, -0.1) is 11.3 Å². The molecule has 5 nitrogen and oxygen atoms in total.